The van der Waals surface area contributed by atoms with E-state index in [1.165, 1.54) is 0 Å². The molecule has 0 fully saturated rings. The van der Waals surface area contributed by atoms with Crippen molar-refractivity contribution < 1.29 is 0 Å². The Hall–Kier alpha value is -1.56. The summed E-state index contributed by atoms with van der Waals surface area (Å²) in [4.78, 5) is 0. The summed E-state index contributed by atoms with van der Waals surface area (Å²) in [5.74, 6) is 0. The van der Waals surface area contributed by atoms with E-state index in [1.54, 1.807) is 55.7 Å². The van der Waals surface area contributed by atoms with E-state index in [0.717, 1.165) is 6.42 Å². The Morgan fingerprint density at radius 3 is 1.92 bits per heavy atom. The van der Waals surface area contributed by atoms with Gasteiger partial charge < -0.3 is 0 Å². The van der Waals surface area contributed by atoms with Crippen molar-refractivity contribution in [3.63, 3.8) is 0 Å². The van der Waals surface area contributed by atoms with E-state index in [1.807, 2.05) is 0 Å². The van der Waals surface area contributed by atoms with E-state index in [0.29, 0.717) is 21.7 Å². The van der Waals surface area contributed by atoms with Crippen LogP contribution in [0.3, 0.4) is 0 Å². The molecule has 8 bridgehead atoms. The van der Waals surface area contributed by atoms with Crippen molar-refractivity contribution in [2.24, 2.45) is 10.8 Å². The number of benzene rings is 1. The third kappa shape index (κ3) is 1.15. The Bertz CT molecular complexity index is 1030. The number of allylic oxidation sites excluding steroid dienone is 6. The van der Waals surface area contributed by atoms with Gasteiger partial charge in [-0.2, -0.15) is 0 Å². The average Bonchev–Trinajstić information content (AvgIpc) is 2.51. The van der Waals surface area contributed by atoms with Crippen molar-refractivity contribution in [1.29, 1.82) is 0 Å². The van der Waals surface area contributed by atoms with Gasteiger partial charge >= 0.3 is 0 Å². The third-order valence-corrected chi connectivity index (χ3v) is 8.30. The Kier molecular flexibility index (Phi) is 1.96. The van der Waals surface area contributed by atoms with Gasteiger partial charge in [-0.25, -0.2) is 0 Å². The summed E-state index contributed by atoms with van der Waals surface area (Å²) < 4.78 is 0. The summed E-state index contributed by atoms with van der Waals surface area (Å²) in [6.07, 6.45) is 3.67. The zero-order valence-corrected chi connectivity index (χ0v) is 16.9. The van der Waals surface area contributed by atoms with Crippen LogP contribution in [0.25, 0.3) is 0 Å². The largest absolute Gasteiger partial charge is 0.0540 e. The van der Waals surface area contributed by atoms with Gasteiger partial charge in [-0.3, -0.25) is 0 Å². The smallest absolute Gasteiger partial charge is 0.0158 e. The van der Waals surface area contributed by atoms with Crippen LogP contribution < -0.4 is 0 Å². The lowest BCUT2D eigenvalue weighted by molar-refractivity contribution is 0.329. The van der Waals surface area contributed by atoms with Gasteiger partial charge in [-0.1, -0.05) is 67.5 Å². The molecule has 0 N–H and O–H groups in total. The molecule has 0 spiro atoms. The maximum atomic E-state index is 2.54. The van der Waals surface area contributed by atoms with E-state index < -0.39 is 0 Å². The maximum absolute atomic E-state index is 2.54. The van der Waals surface area contributed by atoms with Gasteiger partial charge in [-0.15, -0.1) is 0 Å². The van der Waals surface area contributed by atoms with Gasteiger partial charge in [-0.05, 0) is 62.1 Å². The minimum atomic E-state index is 0.291. The predicted molar refractivity (Wildman–Crippen MR) is 104 cm³/mol. The second kappa shape index (κ2) is 3.36. The molecule has 0 amide bonds. The van der Waals surface area contributed by atoms with Crippen molar-refractivity contribution in [2.45, 2.75) is 72.6 Å². The highest BCUT2D eigenvalue weighted by Crippen LogP contribution is 2.74. The van der Waals surface area contributed by atoms with Crippen molar-refractivity contribution in [3.8, 4) is 0 Å². The molecule has 25 heavy (non-hydrogen) atoms. The zero-order valence-electron chi connectivity index (χ0n) is 16.9. The fourth-order valence-corrected chi connectivity index (χ4v) is 7.19. The molecular weight excluding hydrogens is 300 g/mol. The van der Waals surface area contributed by atoms with Crippen LogP contribution in [0.4, 0.5) is 0 Å². The van der Waals surface area contributed by atoms with Crippen LogP contribution in [0.1, 0.15) is 83.2 Å². The standard InChI is InChI=1S/C25H28/c1-22(2)14-10-12(16-20(22)18(14)24(16,5)6)9-13-11-15-19-21(23(15,3)4)17(13)25(19,7)8/h10-11H,9H2,1-8H3. The normalized spacial score (nSPS) is 28.6. The predicted octanol–water partition coefficient (Wildman–Crippen LogP) is 6.12. The lowest BCUT2D eigenvalue weighted by Crippen LogP contribution is -2.53. The van der Waals surface area contributed by atoms with E-state index >= 15 is 0 Å². The molecule has 0 aliphatic heterocycles. The highest BCUT2D eigenvalue weighted by molar-refractivity contribution is 5.84. The van der Waals surface area contributed by atoms with Gasteiger partial charge in [0.15, 0.2) is 0 Å². The number of fused-ring (bicyclic) bond motifs is 1. The molecule has 1 aromatic rings. The average molecular weight is 328 g/mol. The first-order valence-corrected chi connectivity index (χ1v) is 9.86. The van der Waals surface area contributed by atoms with Crippen LogP contribution in [-0.2, 0) is 17.3 Å². The second-order valence-electron chi connectivity index (χ2n) is 11.1. The quantitative estimate of drug-likeness (QED) is 0.613. The summed E-state index contributed by atoms with van der Waals surface area (Å²) in [6, 6.07) is 2.54. The second-order valence-corrected chi connectivity index (χ2v) is 11.1. The molecule has 8 aliphatic rings. The van der Waals surface area contributed by atoms with E-state index in [-0.39, 0.29) is 0 Å². The Labute approximate surface area is 151 Å². The maximum Gasteiger partial charge on any atom is 0.0158 e. The van der Waals surface area contributed by atoms with Gasteiger partial charge in [0.05, 0.1) is 0 Å². The number of hydrogen-bond acceptors (Lipinski definition) is 0. The van der Waals surface area contributed by atoms with E-state index in [2.05, 4.69) is 67.5 Å². The Balaban J connectivity index is 1.48. The molecule has 0 heteroatoms. The first-order chi connectivity index (χ1) is 11.4. The topological polar surface area (TPSA) is 0 Å². The van der Waals surface area contributed by atoms with Crippen LogP contribution in [0.2, 0.25) is 0 Å². The molecule has 0 unspecified atom stereocenters. The molecule has 128 valence electrons. The van der Waals surface area contributed by atoms with Crippen LogP contribution in [0, 0.1) is 10.8 Å². The minimum Gasteiger partial charge on any atom is -0.0540 e. The molecule has 0 heterocycles. The van der Waals surface area contributed by atoms with E-state index in [9.17, 15) is 0 Å². The highest BCUT2D eigenvalue weighted by Gasteiger charge is 2.62. The Morgan fingerprint density at radius 2 is 1.32 bits per heavy atom. The summed E-state index contributed by atoms with van der Waals surface area (Å²) in [6.45, 7) is 19.3. The first kappa shape index (κ1) is 14.6. The van der Waals surface area contributed by atoms with E-state index in [4.69, 9.17) is 0 Å². The van der Waals surface area contributed by atoms with Crippen LogP contribution >= 0.6 is 0 Å². The molecule has 0 aromatic heterocycles. The molecule has 0 atom stereocenters. The molecule has 9 rings (SSSR count). The van der Waals surface area contributed by atoms with Gasteiger partial charge in [0.2, 0.25) is 0 Å². The van der Waals surface area contributed by atoms with Crippen molar-refractivity contribution in [1.82, 2.24) is 0 Å². The fraction of sp³-hybridized carbons (Fsp3) is 0.520. The van der Waals surface area contributed by atoms with Crippen molar-refractivity contribution in [3.05, 3.63) is 67.8 Å². The Morgan fingerprint density at radius 1 is 0.640 bits per heavy atom. The molecule has 0 saturated heterocycles. The lowest BCUT2D eigenvalue weighted by Gasteiger charge is -2.64. The molecule has 0 saturated carbocycles. The molecule has 0 radical (unpaired) electrons. The molecule has 8 aliphatic carbocycles. The monoisotopic (exact) mass is 328 g/mol. The molecule has 0 nitrogen and oxygen atoms in total. The summed E-state index contributed by atoms with van der Waals surface area (Å²) >= 11 is 0. The SMILES string of the molecule is CC1(C)C2=CC(Cc3cc4c5c(c3C5(C)C)C4(C)C)=C3C1=C2C3(C)C. The number of rotatable bonds is 2. The first-order valence-electron chi connectivity index (χ1n) is 9.86. The van der Waals surface area contributed by atoms with Crippen molar-refractivity contribution in [2.75, 3.05) is 0 Å². The lowest BCUT2D eigenvalue weighted by atomic mass is 9.39. The van der Waals surface area contributed by atoms with Gasteiger partial charge in [0.1, 0.15) is 0 Å². The minimum absolute atomic E-state index is 0.291. The van der Waals surface area contributed by atoms with Crippen molar-refractivity contribution >= 4 is 0 Å². The van der Waals surface area contributed by atoms with Crippen LogP contribution in [-0.4, -0.2) is 0 Å². The molecule has 1 aromatic carbocycles. The van der Waals surface area contributed by atoms with Gasteiger partial charge in [0, 0.05) is 21.7 Å². The summed E-state index contributed by atoms with van der Waals surface area (Å²) in [5, 5.41) is 0. The highest BCUT2D eigenvalue weighted by atomic mass is 14.6. The third-order valence-electron chi connectivity index (χ3n) is 8.30. The molecular formula is C25H28. The number of hydrogen-bond donors (Lipinski definition) is 0. The zero-order chi connectivity index (χ0) is 17.9. The van der Waals surface area contributed by atoms with Crippen LogP contribution in [0.5, 0.6) is 0 Å². The van der Waals surface area contributed by atoms with Gasteiger partial charge in [0.25, 0.3) is 0 Å². The summed E-state index contributed by atoms with van der Waals surface area (Å²) in [5.41, 5.74) is 17.6. The fourth-order valence-electron chi connectivity index (χ4n) is 7.19. The van der Waals surface area contributed by atoms with Crippen LogP contribution in [0.15, 0.2) is 40.0 Å². The summed E-state index contributed by atoms with van der Waals surface area (Å²) in [7, 11) is 0.